The van der Waals surface area contributed by atoms with Gasteiger partial charge in [-0.3, -0.25) is 9.52 Å². The van der Waals surface area contributed by atoms with Crippen molar-refractivity contribution in [1.82, 2.24) is 0 Å². The Morgan fingerprint density at radius 3 is 2.17 bits per heavy atom. The third-order valence-electron chi connectivity index (χ3n) is 4.52. The minimum absolute atomic E-state index is 0.108. The van der Waals surface area contributed by atoms with Crippen molar-refractivity contribution in [2.24, 2.45) is 0 Å². The zero-order valence-corrected chi connectivity index (χ0v) is 17.9. The number of rotatable bonds is 7. The van der Waals surface area contributed by atoms with Crippen molar-refractivity contribution < 1.29 is 17.9 Å². The van der Waals surface area contributed by atoms with E-state index in [2.05, 4.69) is 10.0 Å². The van der Waals surface area contributed by atoms with Gasteiger partial charge in [-0.25, -0.2) is 8.42 Å². The molecule has 0 atom stereocenters. The number of sulfonamides is 1. The predicted octanol–water partition coefficient (Wildman–Crippen LogP) is 4.43. The van der Waals surface area contributed by atoms with E-state index >= 15 is 0 Å². The van der Waals surface area contributed by atoms with Gasteiger partial charge in [-0.05, 0) is 73.9 Å². The van der Waals surface area contributed by atoms with Gasteiger partial charge in [-0.15, -0.1) is 0 Å². The van der Waals surface area contributed by atoms with Crippen LogP contribution in [-0.2, 0) is 14.8 Å². The third-order valence-corrected chi connectivity index (χ3v) is 5.92. The molecule has 3 aromatic carbocycles. The quantitative estimate of drug-likeness (QED) is 0.588. The van der Waals surface area contributed by atoms with Crippen LogP contribution in [0.1, 0.15) is 16.7 Å². The second kappa shape index (κ2) is 9.00. The Labute approximate surface area is 177 Å². The molecule has 1 amide bonds. The van der Waals surface area contributed by atoms with Crippen LogP contribution in [0.2, 0.25) is 0 Å². The van der Waals surface area contributed by atoms with E-state index in [1.807, 2.05) is 45.0 Å². The summed E-state index contributed by atoms with van der Waals surface area (Å²) >= 11 is 0. The summed E-state index contributed by atoms with van der Waals surface area (Å²) in [6.07, 6.45) is 0. The highest BCUT2D eigenvalue weighted by Gasteiger charge is 2.15. The van der Waals surface area contributed by atoms with Crippen LogP contribution in [0.3, 0.4) is 0 Å². The van der Waals surface area contributed by atoms with Crippen molar-refractivity contribution in [3.05, 3.63) is 83.4 Å². The van der Waals surface area contributed by atoms with Gasteiger partial charge in [0.05, 0.1) is 4.90 Å². The van der Waals surface area contributed by atoms with Crippen molar-refractivity contribution in [1.29, 1.82) is 0 Å². The van der Waals surface area contributed by atoms with Crippen LogP contribution < -0.4 is 14.8 Å². The molecule has 0 radical (unpaired) electrons. The van der Waals surface area contributed by atoms with Gasteiger partial charge in [0.15, 0.2) is 6.61 Å². The molecule has 0 heterocycles. The Morgan fingerprint density at radius 2 is 1.53 bits per heavy atom. The van der Waals surface area contributed by atoms with Crippen LogP contribution in [0.25, 0.3) is 0 Å². The predicted molar refractivity (Wildman–Crippen MR) is 118 cm³/mol. The molecule has 7 heteroatoms. The molecule has 0 saturated heterocycles. The van der Waals surface area contributed by atoms with Gasteiger partial charge >= 0.3 is 0 Å². The number of nitrogens with one attached hydrogen (secondary N) is 2. The van der Waals surface area contributed by atoms with Crippen LogP contribution in [-0.4, -0.2) is 20.9 Å². The van der Waals surface area contributed by atoms with Gasteiger partial charge < -0.3 is 10.1 Å². The number of ether oxygens (including phenoxy) is 1. The molecular formula is C23H24N2O4S. The summed E-state index contributed by atoms with van der Waals surface area (Å²) in [6.45, 7) is 5.56. The van der Waals surface area contributed by atoms with Crippen LogP contribution in [0.4, 0.5) is 11.4 Å². The van der Waals surface area contributed by atoms with Crippen LogP contribution in [0, 0.1) is 20.8 Å². The molecule has 2 N–H and O–H groups in total. The second-order valence-electron chi connectivity index (χ2n) is 7.05. The maximum Gasteiger partial charge on any atom is 0.262 e. The highest BCUT2D eigenvalue weighted by atomic mass is 32.2. The summed E-state index contributed by atoms with van der Waals surface area (Å²) in [6, 6.07) is 18.8. The molecule has 0 fully saturated rings. The maximum absolute atomic E-state index is 12.5. The number of aryl methyl sites for hydroxylation is 3. The molecule has 3 rings (SSSR count). The lowest BCUT2D eigenvalue weighted by molar-refractivity contribution is -0.118. The zero-order valence-electron chi connectivity index (χ0n) is 17.1. The Hall–Kier alpha value is -3.32. The minimum Gasteiger partial charge on any atom is -0.484 e. The number of para-hydroxylation sites is 1. The number of carbonyl (C=O) groups is 1. The molecule has 0 saturated carbocycles. The summed E-state index contributed by atoms with van der Waals surface area (Å²) in [5.41, 5.74) is 4.17. The summed E-state index contributed by atoms with van der Waals surface area (Å²) in [4.78, 5) is 12.3. The van der Waals surface area contributed by atoms with Gasteiger partial charge in [0, 0.05) is 11.4 Å². The van der Waals surface area contributed by atoms with E-state index in [0.717, 1.165) is 22.4 Å². The van der Waals surface area contributed by atoms with Gasteiger partial charge in [0.25, 0.3) is 15.9 Å². The molecule has 0 aliphatic carbocycles. The smallest absolute Gasteiger partial charge is 0.262 e. The number of hydrogen-bond acceptors (Lipinski definition) is 4. The molecular weight excluding hydrogens is 400 g/mol. The van der Waals surface area contributed by atoms with E-state index in [4.69, 9.17) is 4.74 Å². The molecule has 0 aliphatic rings. The highest BCUT2D eigenvalue weighted by molar-refractivity contribution is 7.92. The first-order valence-electron chi connectivity index (χ1n) is 9.43. The van der Waals surface area contributed by atoms with Crippen molar-refractivity contribution in [3.63, 3.8) is 0 Å². The Kier molecular flexibility index (Phi) is 6.42. The average Bonchev–Trinajstić information content (AvgIpc) is 2.69. The normalized spacial score (nSPS) is 11.0. The highest BCUT2D eigenvalue weighted by Crippen LogP contribution is 2.21. The van der Waals surface area contributed by atoms with Crippen molar-refractivity contribution in [2.75, 3.05) is 16.6 Å². The lowest BCUT2D eigenvalue weighted by Crippen LogP contribution is -2.21. The Bertz CT molecular complexity index is 1140. The standard InChI is InChI=1S/C23H24N2O4S/c1-16-6-4-9-19(14-16)25-30(27,28)21-12-10-20(11-13-21)29-15-22(26)24-23-17(2)7-5-8-18(23)3/h4-14,25H,15H2,1-3H3,(H,24,26). The molecule has 0 bridgehead atoms. The number of anilines is 2. The molecule has 156 valence electrons. The molecule has 0 unspecified atom stereocenters. The third kappa shape index (κ3) is 5.39. The SMILES string of the molecule is Cc1cccc(NS(=O)(=O)c2ccc(OCC(=O)Nc3c(C)cccc3C)cc2)c1. The minimum atomic E-state index is -3.71. The number of amides is 1. The lowest BCUT2D eigenvalue weighted by Gasteiger charge is -2.12. The van der Waals surface area contributed by atoms with E-state index < -0.39 is 10.0 Å². The van der Waals surface area contributed by atoms with Crippen molar-refractivity contribution in [2.45, 2.75) is 25.7 Å². The topological polar surface area (TPSA) is 84.5 Å². The van der Waals surface area contributed by atoms with Gasteiger partial charge in [-0.1, -0.05) is 30.3 Å². The van der Waals surface area contributed by atoms with E-state index in [9.17, 15) is 13.2 Å². The molecule has 0 aliphatic heterocycles. The van der Waals surface area contributed by atoms with E-state index in [0.29, 0.717) is 11.4 Å². The van der Waals surface area contributed by atoms with Gasteiger partial charge in [0.2, 0.25) is 0 Å². The Balaban J connectivity index is 1.61. The molecule has 0 aromatic heterocycles. The summed E-state index contributed by atoms with van der Waals surface area (Å²) < 4.78 is 33.1. The molecule has 6 nitrogen and oxygen atoms in total. The van der Waals surface area contributed by atoms with Gasteiger partial charge in [-0.2, -0.15) is 0 Å². The van der Waals surface area contributed by atoms with Crippen molar-refractivity contribution >= 4 is 27.3 Å². The monoisotopic (exact) mass is 424 g/mol. The zero-order chi connectivity index (χ0) is 21.7. The average molecular weight is 425 g/mol. The largest absolute Gasteiger partial charge is 0.484 e. The fraction of sp³-hybridized carbons (Fsp3) is 0.174. The number of hydrogen-bond donors (Lipinski definition) is 2. The van der Waals surface area contributed by atoms with Crippen LogP contribution in [0.5, 0.6) is 5.75 Å². The first kappa shape index (κ1) is 21.4. The first-order chi connectivity index (χ1) is 14.2. The summed E-state index contributed by atoms with van der Waals surface area (Å²) in [5, 5.41) is 2.85. The van der Waals surface area contributed by atoms with Crippen molar-refractivity contribution in [3.8, 4) is 5.75 Å². The van der Waals surface area contributed by atoms with E-state index in [-0.39, 0.29) is 17.4 Å². The Morgan fingerprint density at radius 1 is 0.900 bits per heavy atom. The lowest BCUT2D eigenvalue weighted by atomic mass is 10.1. The van der Waals surface area contributed by atoms with Crippen LogP contribution in [0.15, 0.2) is 71.6 Å². The second-order valence-corrected chi connectivity index (χ2v) is 8.73. The van der Waals surface area contributed by atoms with E-state index in [1.165, 1.54) is 24.3 Å². The fourth-order valence-corrected chi connectivity index (χ4v) is 4.02. The summed E-state index contributed by atoms with van der Waals surface area (Å²) in [7, 11) is -3.71. The van der Waals surface area contributed by atoms with Gasteiger partial charge in [0.1, 0.15) is 5.75 Å². The number of carbonyl (C=O) groups excluding carboxylic acids is 1. The maximum atomic E-state index is 12.5. The van der Waals surface area contributed by atoms with E-state index in [1.54, 1.807) is 18.2 Å². The fourth-order valence-electron chi connectivity index (χ4n) is 2.97. The molecule has 3 aromatic rings. The summed E-state index contributed by atoms with van der Waals surface area (Å²) in [5.74, 6) is 0.117. The number of benzene rings is 3. The first-order valence-corrected chi connectivity index (χ1v) is 10.9. The molecule has 30 heavy (non-hydrogen) atoms. The molecule has 0 spiro atoms. The van der Waals surface area contributed by atoms with Crippen LogP contribution >= 0.6 is 0 Å².